The van der Waals surface area contributed by atoms with Crippen molar-refractivity contribution in [2.45, 2.75) is 51.2 Å². The summed E-state index contributed by atoms with van der Waals surface area (Å²) in [6, 6.07) is 1.47. The van der Waals surface area contributed by atoms with Crippen LogP contribution in [0.2, 0.25) is 0 Å². The highest BCUT2D eigenvalue weighted by atomic mass is 15.2. The second-order valence-electron chi connectivity index (χ2n) is 5.66. The molecule has 0 saturated heterocycles. The Morgan fingerprint density at radius 3 is 2.94 bits per heavy atom. The molecular formula is C14H26N4. The Kier molecular flexibility index (Phi) is 4.78. The van der Waals surface area contributed by atoms with Crippen LogP contribution >= 0.6 is 0 Å². The van der Waals surface area contributed by atoms with E-state index in [-0.39, 0.29) is 0 Å². The largest absolute Gasteiger partial charge is 0.314 e. The second kappa shape index (κ2) is 6.34. The Morgan fingerprint density at radius 1 is 1.56 bits per heavy atom. The fourth-order valence-corrected chi connectivity index (χ4v) is 2.21. The van der Waals surface area contributed by atoms with Gasteiger partial charge in [-0.15, -0.1) is 0 Å². The minimum atomic E-state index is 0.631. The molecular weight excluding hydrogens is 224 g/mol. The van der Waals surface area contributed by atoms with Gasteiger partial charge < -0.3 is 5.32 Å². The summed E-state index contributed by atoms with van der Waals surface area (Å²) in [6.45, 7) is 4.48. The Bertz CT molecular complexity index is 356. The van der Waals surface area contributed by atoms with Gasteiger partial charge in [0.1, 0.15) is 0 Å². The fourth-order valence-electron chi connectivity index (χ4n) is 2.21. The molecule has 0 radical (unpaired) electrons. The quantitative estimate of drug-likeness (QED) is 0.714. The summed E-state index contributed by atoms with van der Waals surface area (Å²) in [5.41, 5.74) is 1.29. The van der Waals surface area contributed by atoms with Crippen LogP contribution < -0.4 is 5.32 Å². The van der Waals surface area contributed by atoms with E-state index < -0.39 is 0 Å². The lowest BCUT2D eigenvalue weighted by Gasteiger charge is -2.24. The van der Waals surface area contributed by atoms with Gasteiger partial charge in [-0.05, 0) is 46.2 Å². The lowest BCUT2D eigenvalue weighted by atomic mass is 10.1. The molecule has 0 amide bonds. The summed E-state index contributed by atoms with van der Waals surface area (Å²) in [6.07, 6.45) is 9.36. The van der Waals surface area contributed by atoms with E-state index in [4.69, 9.17) is 0 Å². The molecule has 1 aromatic heterocycles. The molecule has 4 nitrogen and oxygen atoms in total. The van der Waals surface area contributed by atoms with Gasteiger partial charge in [-0.2, -0.15) is 5.10 Å². The van der Waals surface area contributed by atoms with Crippen LogP contribution in [0.15, 0.2) is 12.4 Å². The van der Waals surface area contributed by atoms with E-state index in [9.17, 15) is 0 Å². The topological polar surface area (TPSA) is 33.1 Å². The first-order valence-corrected chi connectivity index (χ1v) is 7.06. The van der Waals surface area contributed by atoms with Crippen LogP contribution in [0.3, 0.4) is 0 Å². The summed E-state index contributed by atoms with van der Waals surface area (Å²) in [5.74, 6) is 0. The van der Waals surface area contributed by atoms with Gasteiger partial charge in [0.2, 0.25) is 0 Å². The number of hydrogen-bond acceptors (Lipinski definition) is 3. The fraction of sp³-hybridized carbons (Fsp3) is 0.786. The van der Waals surface area contributed by atoms with Gasteiger partial charge in [-0.25, -0.2) is 0 Å². The van der Waals surface area contributed by atoms with E-state index in [0.29, 0.717) is 6.04 Å². The molecule has 1 aromatic rings. The van der Waals surface area contributed by atoms with E-state index in [2.05, 4.69) is 35.5 Å². The summed E-state index contributed by atoms with van der Waals surface area (Å²) >= 11 is 0. The van der Waals surface area contributed by atoms with Gasteiger partial charge >= 0.3 is 0 Å². The van der Waals surface area contributed by atoms with Gasteiger partial charge in [0.15, 0.2) is 0 Å². The molecule has 18 heavy (non-hydrogen) atoms. The number of aryl methyl sites for hydroxylation is 1. The smallest absolute Gasteiger partial charge is 0.0534 e. The number of nitrogens with one attached hydrogen (secondary N) is 1. The average Bonchev–Trinajstić information content (AvgIpc) is 3.08. The third-order valence-electron chi connectivity index (χ3n) is 3.75. The minimum Gasteiger partial charge on any atom is -0.314 e. The van der Waals surface area contributed by atoms with E-state index in [1.807, 2.05) is 17.9 Å². The monoisotopic (exact) mass is 250 g/mol. The first-order valence-electron chi connectivity index (χ1n) is 7.06. The van der Waals surface area contributed by atoms with Crippen LogP contribution in [-0.2, 0) is 13.6 Å². The lowest BCUT2D eigenvalue weighted by Crippen LogP contribution is -2.29. The van der Waals surface area contributed by atoms with Crippen molar-refractivity contribution >= 4 is 0 Å². The molecule has 102 valence electrons. The molecule has 1 N–H and O–H groups in total. The standard InChI is InChI=1S/C14H26N4/c1-12(5-4-8-15-14-6-7-14)17(2)10-13-9-16-18(3)11-13/h9,11-12,14-15H,4-8,10H2,1-3H3. The first kappa shape index (κ1) is 13.6. The number of nitrogens with zero attached hydrogens (tertiary/aromatic N) is 3. The van der Waals surface area contributed by atoms with Crippen molar-refractivity contribution < 1.29 is 0 Å². The Hall–Kier alpha value is -0.870. The zero-order valence-electron chi connectivity index (χ0n) is 11.9. The average molecular weight is 250 g/mol. The zero-order valence-corrected chi connectivity index (χ0v) is 11.9. The molecule has 1 aliphatic rings. The number of rotatable bonds is 8. The van der Waals surface area contributed by atoms with Crippen LogP contribution in [0.1, 0.15) is 38.2 Å². The van der Waals surface area contributed by atoms with E-state index in [0.717, 1.165) is 12.6 Å². The van der Waals surface area contributed by atoms with Gasteiger partial charge in [0, 0.05) is 37.4 Å². The van der Waals surface area contributed by atoms with Gasteiger partial charge in [0.05, 0.1) is 6.20 Å². The minimum absolute atomic E-state index is 0.631. The Labute approximate surface area is 110 Å². The van der Waals surface area contributed by atoms with Crippen molar-refractivity contribution in [3.8, 4) is 0 Å². The van der Waals surface area contributed by atoms with Crippen molar-refractivity contribution in [1.29, 1.82) is 0 Å². The normalized spacial score (nSPS) is 17.3. The molecule has 0 aromatic carbocycles. The van der Waals surface area contributed by atoms with Crippen LogP contribution in [0, 0.1) is 0 Å². The molecule has 1 fully saturated rings. The Balaban J connectivity index is 1.62. The summed E-state index contributed by atoms with van der Waals surface area (Å²) in [7, 11) is 4.17. The Morgan fingerprint density at radius 2 is 2.33 bits per heavy atom. The van der Waals surface area contributed by atoms with Crippen LogP contribution in [-0.4, -0.2) is 40.4 Å². The second-order valence-corrected chi connectivity index (χ2v) is 5.66. The number of hydrogen-bond donors (Lipinski definition) is 1. The highest BCUT2D eigenvalue weighted by Crippen LogP contribution is 2.18. The summed E-state index contributed by atoms with van der Waals surface area (Å²) in [5, 5.41) is 7.78. The maximum absolute atomic E-state index is 4.21. The van der Waals surface area contributed by atoms with Crippen molar-refractivity contribution in [2.75, 3.05) is 13.6 Å². The lowest BCUT2D eigenvalue weighted by molar-refractivity contribution is 0.234. The van der Waals surface area contributed by atoms with Gasteiger partial charge in [-0.3, -0.25) is 9.58 Å². The molecule has 1 aliphatic carbocycles. The van der Waals surface area contributed by atoms with E-state index in [1.54, 1.807) is 0 Å². The summed E-state index contributed by atoms with van der Waals surface area (Å²) in [4.78, 5) is 2.41. The third-order valence-corrected chi connectivity index (χ3v) is 3.75. The SMILES string of the molecule is CC(CCCNC1CC1)N(C)Cc1cnn(C)c1. The van der Waals surface area contributed by atoms with Crippen LogP contribution in [0.4, 0.5) is 0 Å². The molecule has 0 bridgehead atoms. The summed E-state index contributed by atoms with van der Waals surface area (Å²) < 4.78 is 1.87. The van der Waals surface area contributed by atoms with Crippen LogP contribution in [0.25, 0.3) is 0 Å². The van der Waals surface area contributed by atoms with Crippen molar-refractivity contribution in [3.05, 3.63) is 18.0 Å². The molecule has 4 heteroatoms. The molecule has 0 spiro atoms. The molecule has 2 rings (SSSR count). The van der Waals surface area contributed by atoms with Crippen molar-refractivity contribution in [2.24, 2.45) is 7.05 Å². The maximum atomic E-state index is 4.21. The molecule has 1 heterocycles. The van der Waals surface area contributed by atoms with Crippen LogP contribution in [0.5, 0.6) is 0 Å². The molecule has 1 atom stereocenters. The third kappa shape index (κ3) is 4.42. The molecule has 0 aliphatic heterocycles. The van der Waals surface area contributed by atoms with Gasteiger partial charge in [0.25, 0.3) is 0 Å². The highest BCUT2D eigenvalue weighted by molar-refractivity contribution is 5.03. The predicted octanol–water partition coefficient (Wildman–Crippen LogP) is 1.77. The van der Waals surface area contributed by atoms with Gasteiger partial charge in [-0.1, -0.05) is 0 Å². The first-order chi connectivity index (χ1) is 8.65. The molecule has 1 saturated carbocycles. The van der Waals surface area contributed by atoms with E-state index in [1.165, 1.54) is 37.8 Å². The highest BCUT2D eigenvalue weighted by Gasteiger charge is 2.19. The van der Waals surface area contributed by atoms with Crippen molar-refractivity contribution in [1.82, 2.24) is 20.0 Å². The number of aromatic nitrogens is 2. The van der Waals surface area contributed by atoms with Crippen molar-refractivity contribution in [3.63, 3.8) is 0 Å². The predicted molar refractivity (Wildman–Crippen MR) is 74.4 cm³/mol. The maximum Gasteiger partial charge on any atom is 0.0534 e. The van der Waals surface area contributed by atoms with E-state index >= 15 is 0 Å². The molecule has 1 unspecified atom stereocenters. The zero-order chi connectivity index (χ0) is 13.0.